The van der Waals surface area contributed by atoms with Crippen molar-refractivity contribution in [3.63, 3.8) is 0 Å². The molecule has 0 unspecified atom stereocenters. The van der Waals surface area contributed by atoms with Crippen LogP contribution in [0.4, 0.5) is 17.6 Å². The number of aromatic nitrogens is 2. The molecule has 164 valence electrons. The Morgan fingerprint density at radius 2 is 1.68 bits per heavy atom. The molecule has 0 amide bonds. The number of allylic oxidation sites excluding steroid dienone is 1. The second-order valence-corrected chi connectivity index (χ2v) is 8.66. The van der Waals surface area contributed by atoms with Crippen molar-refractivity contribution in [3.05, 3.63) is 60.1 Å². The van der Waals surface area contributed by atoms with Crippen LogP contribution < -0.4 is 4.74 Å². The van der Waals surface area contributed by atoms with Crippen molar-refractivity contribution < 1.29 is 30.7 Å². The summed E-state index contributed by atoms with van der Waals surface area (Å²) >= 11 is 0. The molecular formula is C21H18F4N2O3S. The third-order valence-electron chi connectivity index (χ3n) is 4.47. The molecule has 2 aromatic carbocycles. The van der Waals surface area contributed by atoms with E-state index in [2.05, 4.69) is 5.10 Å². The molecule has 0 spiro atoms. The van der Waals surface area contributed by atoms with Crippen molar-refractivity contribution in [2.45, 2.75) is 18.0 Å². The highest BCUT2D eigenvalue weighted by Gasteiger charge is 2.40. The highest BCUT2D eigenvalue weighted by atomic mass is 32.2. The van der Waals surface area contributed by atoms with E-state index < -0.39 is 27.5 Å². The lowest BCUT2D eigenvalue weighted by molar-refractivity contribution is -0.142. The summed E-state index contributed by atoms with van der Waals surface area (Å²) < 4.78 is 85.3. The van der Waals surface area contributed by atoms with Crippen molar-refractivity contribution >= 4 is 16.0 Å². The quantitative estimate of drug-likeness (QED) is 0.493. The molecule has 0 saturated carbocycles. The minimum Gasteiger partial charge on any atom is -0.494 e. The van der Waals surface area contributed by atoms with Crippen molar-refractivity contribution in [1.82, 2.24) is 9.78 Å². The van der Waals surface area contributed by atoms with E-state index in [0.717, 1.165) is 18.5 Å². The van der Waals surface area contributed by atoms with Crippen LogP contribution in [0.15, 0.2) is 53.4 Å². The van der Waals surface area contributed by atoms with Crippen LogP contribution in [0.25, 0.3) is 28.6 Å². The summed E-state index contributed by atoms with van der Waals surface area (Å²) in [5, 5.41) is 4.08. The Balaban J connectivity index is 2.34. The Morgan fingerprint density at radius 3 is 2.16 bits per heavy atom. The summed E-state index contributed by atoms with van der Waals surface area (Å²) in [6.45, 7) is 1.54. The Labute approximate surface area is 176 Å². The minimum atomic E-state index is -4.80. The van der Waals surface area contributed by atoms with E-state index in [4.69, 9.17) is 4.74 Å². The SMILES string of the molecule is CC=Cn1nc(-c2ccc(S(C)(=O)=O)cc2)c(-c2ccc(OC)c(F)c2)c1C(F)(F)F. The zero-order valence-corrected chi connectivity index (χ0v) is 17.6. The van der Waals surface area contributed by atoms with E-state index in [9.17, 15) is 26.0 Å². The predicted octanol–water partition coefficient (Wildman–Crippen LogP) is 5.28. The molecule has 0 bridgehead atoms. The standard InChI is InChI=1S/C21H18F4N2O3S/c1-4-11-27-20(21(23,24)25)18(14-7-10-17(30-2)16(22)12-14)19(26-27)13-5-8-15(9-6-13)31(3,28)29/h4-12H,1-3H3. The van der Waals surface area contributed by atoms with Crippen LogP contribution in [0.3, 0.4) is 0 Å². The number of nitrogens with zero attached hydrogens (tertiary/aromatic N) is 2. The van der Waals surface area contributed by atoms with Crippen LogP contribution in [0.2, 0.25) is 0 Å². The maximum atomic E-state index is 14.3. The van der Waals surface area contributed by atoms with E-state index in [1.165, 1.54) is 56.5 Å². The van der Waals surface area contributed by atoms with Gasteiger partial charge in [0.1, 0.15) is 5.69 Å². The van der Waals surface area contributed by atoms with E-state index in [1.807, 2.05) is 0 Å². The molecule has 0 saturated heterocycles. The van der Waals surface area contributed by atoms with Gasteiger partial charge in [-0.2, -0.15) is 18.3 Å². The van der Waals surface area contributed by atoms with Crippen LogP contribution in [0, 0.1) is 5.82 Å². The molecule has 3 aromatic rings. The number of alkyl halides is 3. The first-order valence-corrected chi connectivity index (χ1v) is 10.8. The van der Waals surface area contributed by atoms with Gasteiger partial charge in [-0.15, -0.1) is 0 Å². The van der Waals surface area contributed by atoms with Gasteiger partial charge in [-0.3, -0.25) is 0 Å². The molecule has 0 aliphatic carbocycles. The van der Waals surface area contributed by atoms with Crippen LogP contribution in [0.1, 0.15) is 12.6 Å². The van der Waals surface area contributed by atoms with Gasteiger partial charge >= 0.3 is 6.18 Å². The third kappa shape index (κ3) is 4.48. The van der Waals surface area contributed by atoms with Crippen molar-refractivity contribution in [2.75, 3.05) is 13.4 Å². The molecule has 31 heavy (non-hydrogen) atoms. The summed E-state index contributed by atoms with van der Waals surface area (Å²) in [4.78, 5) is 0.0113. The van der Waals surface area contributed by atoms with E-state index >= 15 is 0 Å². The average molecular weight is 454 g/mol. The number of methoxy groups -OCH3 is 1. The molecule has 0 fully saturated rings. The molecule has 0 atom stereocenters. The first-order valence-electron chi connectivity index (χ1n) is 8.94. The number of hydrogen-bond donors (Lipinski definition) is 0. The number of sulfone groups is 1. The lowest BCUT2D eigenvalue weighted by atomic mass is 9.98. The second kappa shape index (κ2) is 8.18. The first-order chi connectivity index (χ1) is 14.5. The largest absolute Gasteiger partial charge is 0.494 e. The Morgan fingerprint density at radius 1 is 1.06 bits per heavy atom. The summed E-state index contributed by atoms with van der Waals surface area (Å²) in [6, 6.07) is 8.77. The van der Waals surface area contributed by atoms with Gasteiger partial charge in [0.05, 0.1) is 12.0 Å². The fourth-order valence-corrected chi connectivity index (χ4v) is 3.74. The Hall–Kier alpha value is -3.14. The fraction of sp³-hybridized carbons (Fsp3) is 0.190. The topological polar surface area (TPSA) is 61.2 Å². The maximum Gasteiger partial charge on any atom is 0.434 e. The van der Waals surface area contributed by atoms with E-state index in [-0.39, 0.29) is 33.0 Å². The highest BCUT2D eigenvalue weighted by molar-refractivity contribution is 7.90. The molecule has 3 rings (SSSR count). The van der Waals surface area contributed by atoms with Crippen LogP contribution in [0.5, 0.6) is 5.75 Å². The van der Waals surface area contributed by atoms with Gasteiger partial charge in [0, 0.05) is 23.6 Å². The van der Waals surface area contributed by atoms with Gasteiger partial charge < -0.3 is 4.74 Å². The summed E-state index contributed by atoms with van der Waals surface area (Å²) in [5.74, 6) is -0.942. The molecule has 1 aromatic heterocycles. The predicted molar refractivity (Wildman–Crippen MR) is 109 cm³/mol. The fourth-order valence-electron chi connectivity index (χ4n) is 3.11. The van der Waals surface area contributed by atoms with Gasteiger partial charge in [0.2, 0.25) is 0 Å². The van der Waals surface area contributed by atoms with E-state index in [1.54, 1.807) is 0 Å². The molecule has 0 aliphatic heterocycles. The molecule has 0 radical (unpaired) electrons. The molecule has 0 aliphatic rings. The zero-order chi connectivity index (χ0) is 23.0. The lowest BCUT2D eigenvalue weighted by Gasteiger charge is -2.12. The summed E-state index contributed by atoms with van der Waals surface area (Å²) in [7, 11) is -2.24. The third-order valence-corrected chi connectivity index (χ3v) is 5.59. The number of benzene rings is 2. The number of ether oxygens (including phenoxy) is 1. The Bertz CT molecular complexity index is 1240. The van der Waals surface area contributed by atoms with Crippen LogP contribution in [-0.2, 0) is 16.0 Å². The maximum absolute atomic E-state index is 14.3. The van der Waals surface area contributed by atoms with Gasteiger partial charge in [-0.25, -0.2) is 17.5 Å². The first kappa shape index (κ1) is 22.5. The van der Waals surface area contributed by atoms with Crippen molar-refractivity contribution in [1.29, 1.82) is 0 Å². The van der Waals surface area contributed by atoms with Crippen LogP contribution >= 0.6 is 0 Å². The number of hydrogen-bond acceptors (Lipinski definition) is 4. The second-order valence-electron chi connectivity index (χ2n) is 6.64. The van der Waals surface area contributed by atoms with E-state index in [0.29, 0.717) is 4.68 Å². The molecule has 0 N–H and O–H groups in total. The Kier molecular flexibility index (Phi) is 5.95. The molecule has 1 heterocycles. The summed E-state index contributed by atoms with van der Waals surface area (Å²) in [5.41, 5.74) is -1.30. The highest BCUT2D eigenvalue weighted by Crippen LogP contribution is 2.43. The lowest BCUT2D eigenvalue weighted by Crippen LogP contribution is -2.12. The number of halogens is 4. The molecular weight excluding hydrogens is 436 g/mol. The molecule has 10 heteroatoms. The summed E-state index contributed by atoms with van der Waals surface area (Å²) in [6.07, 6.45) is -1.25. The smallest absolute Gasteiger partial charge is 0.434 e. The van der Waals surface area contributed by atoms with Gasteiger partial charge in [-0.1, -0.05) is 24.3 Å². The zero-order valence-electron chi connectivity index (χ0n) is 16.7. The monoisotopic (exact) mass is 454 g/mol. The normalized spacial score (nSPS) is 12.5. The minimum absolute atomic E-state index is 0.0113. The van der Waals surface area contributed by atoms with Gasteiger partial charge in [-0.05, 0) is 36.8 Å². The van der Waals surface area contributed by atoms with Gasteiger partial charge in [0.25, 0.3) is 0 Å². The van der Waals surface area contributed by atoms with Gasteiger partial charge in [0.15, 0.2) is 27.1 Å². The van der Waals surface area contributed by atoms with Crippen molar-refractivity contribution in [3.8, 4) is 28.1 Å². The van der Waals surface area contributed by atoms with Crippen LogP contribution in [-0.4, -0.2) is 31.6 Å². The number of rotatable bonds is 5. The molecule has 5 nitrogen and oxygen atoms in total. The average Bonchev–Trinajstić information content (AvgIpc) is 3.07. The van der Waals surface area contributed by atoms with Crippen molar-refractivity contribution in [2.24, 2.45) is 0 Å².